The van der Waals surface area contributed by atoms with Crippen molar-refractivity contribution >= 4 is 46.4 Å². The highest BCUT2D eigenvalue weighted by atomic mass is 35.5. The van der Waals surface area contributed by atoms with E-state index in [-0.39, 0.29) is 25.4 Å². The minimum atomic E-state index is -0.564. The molecule has 0 fully saturated rings. The summed E-state index contributed by atoms with van der Waals surface area (Å²) >= 11 is 6.87. The number of ketones is 1. The molecule has 0 spiro atoms. The molecule has 8 heteroatoms. The number of esters is 1. The first-order valence-corrected chi connectivity index (χ1v) is 8.28. The van der Waals surface area contributed by atoms with E-state index >= 15 is 0 Å². The number of thiophene rings is 1. The molecule has 6 nitrogen and oxygen atoms in total. The molecule has 2 aromatic rings. The van der Waals surface area contributed by atoms with Crippen molar-refractivity contribution in [2.45, 2.75) is 6.42 Å². The van der Waals surface area contributed by atoms with E-state index in [4.69, 9.17) is 16.3 Å². The number of anilines is 1. The minimum Gasteiger partial charge on any atom is -0.457 e. The van der Waals surface area contributed by atoms with Crippen LogP contribution < -0.4 is 10.6 Å². The number of ether oxygens (including phenoxy) is 1. The van der Waals surface area contributed by atoms with Crippen molar-refractivity contribution in [3.8, 4) is 0 Å². The Morgan fingerprint density at radius 3 is 2.50 bits per heavy atom. The molecule has 0 aliphatic carbocycles. The molecule has 0 atom stereocenters. The van der Waals surface area contributed by atoms with Crippen LogP contribution in [0.3, 0.4) is 0 Å². The van der Waals surface area contributed by atoms with Crippen molar-refractivity contribution in [3.05, 3.63) is 51.7 Å². The maximum atomic E-state index is 11.7. The molecule has 2 amide bonds. The molecule has 0 bridgehead atoms. The lowest BCUT2D eigenvalue weighted by Gasteiger charge is -2.07. The van der Waals surface area contributed by atoms with Gasteiger partial charge < -0.3 is 15.4 Å². The Balaban J connectivity index is 1.62. The van der Waals surface area contributed by atoms with Gasteiger partial charge in [-0.05, 0) is 24.3 Å². The maximum Gasteiger partial charge on any atom is 0.319 e. The van der Waals surface area contributed by atoms with E-state index in [9.17, 15) is 14.4 Å². The highest BCUT2D eigenvalue weighted by molar-refractivity contribution is 7.18. The van der Waals surface area contributed by atoms with Gasteiger partial charge in [0.15, 0.2) is 6.61 Å². The summed E-state index contributed by atoms with van der Waals surface area (Å²) in [6.07, 6.45) is -0.0271. The topological polar surface area (TPSA) is 84.5 Å². The van der Waals surface area contributed by atoms with E-state index in [0.29, 0.717) is 14.9 Å². The monoisotopic (exact) mass is 366 g/mol. The number of rotatable bonds is 7. The molecule has 2 N–H and O–H groups in total. The van der Waals surface area contributed by atoms with E-state index in [2.05, 4.69) is 10.6 Å². The molecule has 0 saturated heterocycles. The lowest BCUT2D eigenvalue weighted by atomic mass is 10.3. The summed E-state index contributed by atoms with van der Waals surface area (Å²) in [5, 5.41) is 5.16. The van der Waals surface area contributed by atoms with Crippen LogP contribution in [0, 0.1) is 0 Å². The van der Waals surface area contributed by atoms with Gasteiger partial charge in [-0.15, -0.1) is 11.3 Å². The van der Waals surface area contributed by atoms with Crippen molar-refractivity contribution in [2.75, 3.05) is 18.5 Å². The van der Waals surface area contributed by atoms with Crippen LogP contribution in [0.5, 0.6) is 0 Å². The summed E-state index contributed by atoms with van der Waals surface area (Å²) in [7, 11) is 0. The molecule has 1 aromatic carbocycles. The third-order valence-electron chi connectivity index (χ3n) is 2.86. The Bertz CT molecular complexity index is 718. The van der Waals surface area contributed by atoms with Crippen LogP contribution in [0.2, 0.25) is 4.34 Å². The number of benzene rings is 1. The van der Waals surface area contributed by atoms with Crippen LogP contribution in [-0.4, -0.2) is 30.9 Å². The summed E-state index contributed by atoms with van der Waals surface area (Å²) in [5.41, 5.74) is 0.651. The Kier molecular flexibility index (Phi) is 6.77. The highest BCUT2D eigenvalue weighted by Gasteiger charge is 2.12. The smallest absolute Gasteiger partial charge is 0.319 e. The maximum absolute atomic E-state index is 11.7. The fourth-order valence-electron chi connectivity index (χ4n) is 1.73. The summed E-state index contributed by atoms with van der Waals surface area (Å²) in [4.78, 5) is 35.3. The molecular formula is C16H15ClN2O4S. The average molecular weight is 367 g/mol. The van der Waals surface area contributed by atoms with Crippen LogP contribution in [-0.2, 0) is 9.53 Å². The van der Waals surface area contributed by atoms with Crippen molar-refractivity contribution < 1.29 is 19.1 Å². The lowest BCUT2D eigenvalue weighted by molar-refractivity contribution is -0.142. The number of carbonyl (C=O) groups excluding carboxylic acids is 3. The molecule has 0 unspecified atom stereocenters. The predicted octanol–water partition coefficient (Wildman–Crippen LogP) is 3.34. The van der Waals surface area contributed by atoms with Gasteiger partial charge >= 0.3 is 12.0 Å². The van der Waals surface area contributed by atoms with Gasteiger partial charge in [0, 0.05) is 12.2 Å². The Hall–Kier alpha value is -2.38. The minimum absolute atomic E-state index is 0.0271. The van der Waals surface area contributed by atoms with Crippen molar-refractivity contribution in [1.29, 1.82) is 0 Å². The number of para-hydroxylation sites is 1. The van der Waals surface area contributed by atoms with E-state index in [1.54, 1.807) is 36.4 Å². The Labute approximate surface area is 147 Å². The largest absolute Gasteiger partial charge is 0.457 e. The zero-order valence-electron chi connectivity index (χ0n) is 12.6. The van der Waals surface area contributed by atoms with E-state index in [0.717, 1.165) is 11.3 Å². The number of hydrogen-bond donors (Lipinski definition) is 2. The van der Waals surface area contributed by atoms with Gasteiger partial charge in [0.2, 0.25) is 5.78 Å². The number of Topliss-reactive ketones (excluding diaryl/α,β-unsaturated/α-hetero) is 1. The number of carbonyl (C=O) groups is 3. The second-order valence-corrected chi connectivity index (χ2v) is 6.40. The molecule has 0 saturated carbocycles. The lowest BCUT2D eigenvalue weighted by Crippen LogP contribution is -2.31. The van der Waals surface area contributed by atoms with E-state index < -0.39 is 12.0 Å². The molecule has 126 valence electrons. The predicted molar refractivity (Wildman–Crippen MR) is 92.7 cm³/mol. The molecule has 2 rings (SSSR count). The first-order valence-electron chi connectivity index (χ1n) is 7.08. The van der Waals surface area contributed by atoms with Crippen molar-refractivity contribution in [3.63, 3.8) is 0 Å². The van der Waals surface area contributed by atoms with Crippen molar-refractivity contribution in [1.82, 2.24) is 5.32 Å². The van der Waals surface area contributed by atoms with E-state index in [1.807, 2.05) is 6.07 Å². The Morgan fingerprint density at radius 2 is 1.83 bits per heavy atom. The quantitative estimate of drug-likeness (QED) is 0.581. The molecule has 1 heterocycles. The number of nitrogens with one attached hydrogen (secondary N) is 2. The SMILES string of the molecule is O=C(NCCC(=O)OCC(=O)c1ccc(Cl)s1)Nc1ccccc1. The highest BCUT2D eigenvalue weighted by Crippen LogP contribution is 2.21. The summed E-state index contributed by atoms with van der Waals surface area (Å²) in [6, 6.07) is 11.7. The van der Waals surface area contributed by atoms with E-state index in [1.165, 1.54) is 0 Å². The zero-order chi connectivity index (χ0) is 17.4. The van der Waals surface area contributed by atoms with Gasteiger partial charge in [-0.2, -0.15) is 0 Å². The molecule has 0 aliphatic heterocycles. The van der Waals surface area contributed by atoms with Crippen molar-refractivity contribution in [2.24, 2.45) is 0 Å². The number of hydrogen-bond acceptors (Lipinski definition) is 5. The molecule has 0 aliphatic rings. The second-order valence-electron chi connectivity index (χ2n) is 4.68. The van der Waals surface area contributed by atoms with Crippen LogP contribution in [0.4, 0.5) is 10.5 Å². The van der Waals surface area contributed by atoms with Gasteiger partial charge in [0.1, 0.15) is 0 Å². The first-order chi connectivity index (χ1) is 11.5. The van der Waals surface area contributed by atoms with Gasteiger partial charge in [-0.1, -0.05) is 29.8 Å². The average Bonchev–Trinajstić information content (AvgIpc) is 3.00. The third-order valence-corrected chi connectivity index (χ3v) is 4.13. The van der Waals surface area contributed by atoms with Crippen LogP contribution >= 0.6 is 22.9 Å². The molecular weight excluding hydrogens is 352 g/mol. The van der Waals surface area contributed by atoms with Crippen LogP contribution in [0.1, 0.15) is 16.1 Å². The van der Waals surface area contributed by atoms with Gasteiger partial charge in [-0.3, -0.25) is 9.59 Å². The standard InChI is InChI=1S/C16H15ClN2O4S/c17-14-7-6-13(24-14)12(20)10-23-15(21)8-9-18-16(22)19-11-4-2-1-3-5-11/h1-7H,8-10H2,(H2,18,19,22). The summed E-state index contributed by atoms with van der Waals surface area (Å²) in [5.74, 6) is -0.874. The van der Waals surface area contributed by atoms with Crippen LogP contribution in [0.15, 0.2) is 42.5 Å². The summed E-state index contributed by atoms with van der Waals surface area (Å²) < 4.78 is 5.37. The third kappa shape index (κ3) is 6.02. The fraction of sp³-hybridized carbons (Fsp3) is 0.188. The molecule has 24 heavy (non-hydrogen) atoms. The number of amides is 2. The number of urea groups is 1. The van der Waals surface area contributed by atoms with Gasteiger partial charge in [-0.25, -0.2) is 4.79 Å². The summed E-state index contributed by atoms with van der Waals surface area (Å²) in [6.45, 7) is -0.234. The van der Waals surface area contributed by atoms with Gasteiger partial charge in [0.05, 0.1) is 15.6 Å². The van der Waals surface area contributed by atoms with Gasteiger partial charge in [0.25, 0.3) is 0 Å². The zero-order valence-corrected chi connectivity index (χ0v) is 14.2. The number of halogens is 1. The molecule has 0 radical (unpaired) electrons. The normalized spacial score (nSPS) is 10.0. The Morgan fingerprint density at radius 1 is 1.08 bits per heavy atom. The first kappa shape index (κ1) is 18.0. The molecule has 1 aromatic heterocycles. The fourth-order valence-corrected chi connectivity index (χ4v) is 2.70. The second kappa shape index (κ2) is 9.05. The van der Waals surface area contributed by atoms with Crippen LogP contribution in [0.25, 0.3) is 0 Å².